The third kappa shape index (κ3) is 8.46. The van der Waals surface area contributed by atoms with Crippen LogP contribution in [0.2, 0.25) is 0 Å². The molecule has 0 unspecified atom stereocenters. The molecule has 0 aromatic heterocycles. The molecule has 0 amide bonds. The number of benzene rings is 4. The Hall–Kier alpha value is -2.07. The summed E-state index contributed by atoms with van der Waals surface area (Å²) in [7, 11) is 0. The highest BCUT2D eigenvalue weighted by atomic mass is 32.2. The summed E-state index contributed by atoms with van der Waals surface area (Å²) in [6.45, 7) is 20.5. The maximum atomic E-state index is 2.35. The van der Waals surface area contributed by atoms with Crippen molar-refractivity contribution in [3.63, 3.8) is 0 Å². The molecule has 0 bridgehead atoms. The van der Waals surface area contributed by atoms with Gasteiger partial charge in [-0.2, -0.15) is 0 Å². The largest absolute Gasteiger partial charge is 0.0900 e. The molecular formula is C36H42S3. The summed E-state index contributed by atoms with van der Waals surface area (Å²) in [5, 5.41) is 0. The Labute approximate surface area is 249 Å². The minimum absolute atomic E-state index is 0.130. The van der Waals surface area contributed by atoms with E-state index in [4.69, 9.17) is 0 Å². The van der Waals surface area contributed by atoms with Crippen LogP contribution in [0.4, 0.5) is 0 Å². The number of hydrogen-bond acceptors (Lipinski definition) is 3. The first-order chi connectivity index (χ1) is 18.2. The minimum atomic E-state index is 0.130. The van der Waals surface area contributed by atoms with Gasteiger partial charge in [0, 0.05) is 29.4 Å². The lowest BCUT2D eigenvalue weighted by atomic mass is 9.87. The van der Waals surface area contributed by atoms with Gasteiger partial charge >= 0.3 is 0 Å². The van der Waals surface area contributed by atoms with E-state index in [1.54, 1.807) is 0 Å². The molecule has 0 atom stereocenters. The van der Waals surface area contributed by atoms with E-state index in [-0.39, 0.29) is 16.2 Å². The van der Waals surface area contributed by atoms with Gasteiger partial charge in [-0.05, 0) is 87.5 Å². The van der Waals surface area contributed by atoms with Gasteiger partial charge in [-0.25, -0.2) is 0 Å². The molecule has 39 heavy (non-hydrogen) atoms. The molecule has 0 aliphatic heterocycles. The molecule has 3 heteroatoms. The van der Waals surface area contributed by atoms with E-state index in [9.17, 15) is 0 Å². The van der Waals surface area contributed by atoms with E-state index in [0.717, 1.165) is 0 Å². The van der Waals surface area contributed by atoms with Gasteiger partial charge in [-0.1, -0.05) is 134 Å². The Kier molecular flexibility index (Phi) is 9.05. The van der Waals surface area contributed by atoms with Crippen LogP contribution in [0.15, 0.2) is 120 Å². The first kappa shape index (κ1) is 29.9. The van der Waals surface area contributed by atoms with Crippen LogP contribution >= 0.6 is 35.3 Å². The van der Waals surface area contributed by atoms with Crippen molar-refractivity contribution in [3.05, 3.63) is 108 Å². The van der Waals surface area contributed by atoms with Crippen molar-refractivity contribution in [2.75, 3.05) is 0 Å². The fourth-order valence-electron chi connectivity index (χ4n) is 4.21. The Bertz CT molecular complexity index is 1240. The van der Waals surface area contributed by atoms with E-state index in [0.29, 0.717) is 0 Å². The van der Waals surface area contributed by atoms with Crippen LogP contribution < -0.4 is 0 Å². The quantitative estimate of drug-likeness (QED) is 0.226. The summed E-state index contributed by atoms with van der Waals surface area (Å²) >= 11 is 5.57. The number of rotatable bonds is 6. The fourth-order valence-corrected chi connectivity index (χ4v) is 7.36. The van der Waals surface area contributed by atoms with E-state index in [1.165, 1.54) is 46.1 Å². The van der Waals surface area contributed by atoms with Crippen molar-refractivity contribution >= 4 is 35.3 Å². The smallest absolute Gasteiger partial charge is 0.0144 e. The molecule has 0 N–H and O–H groups in total. The first-order valence-electron chi connectivity index (χ1n) is 13.7. The van der Waals surface area contributed by atoms with Gasteiger partial charge in [0.05, 0.1) is 0 Å². The Balaban J connectivity index is 1.70. The molecular weight excluding hydrogens is 529 g/mol. The van der Waals surface area contributed by atoms with Gasteiger partial charge in [-0.3, -0.25) is 0 Å². The maximum absolute atomic E-state index is 2.35. The van der Waals surface area contributed by atoms with E-state index in [1.807, 2.05) is 35.3 Å². The predicted molar refractivity (Wildman–Crippen MR) is 174 cm³/mol. The first-order valence-corrected chi connectivity index (χ1v) is 16.1. The summed E-state index contributed by atoms with van der Waals surface area (Å²) < 4.78 is 0. The lowest BCUT2D eigenvalue weighted by molar-refractivity contribution is 0.588. The van der Waals surface area contributed by atoms with Crippen LogP contribution in [0.25, 0.3) is 0 Å². The highest BCUT2D eigenvalue weighted by Gasteiger charge is 2.17. The molecule has 0 fully saturated rings. The van der Waals surface area contributed by atoms with Gasteiger partial charge in [0.25, 0.3) is 0 Å². The lowest BCUT2D eigenvalue weighted by Crippen LogP contribution is -2.10. The zero-order valence-electron chi connectivity index (χ0n) is 24.9. The summed E-state index contributed by atoms with van der Waals surface area (Å²) in [6, 6.07) is 34.0. The van der Waals surface area contributed by atoms with E-state index < -0.39 is 0 Å². The Morgan fingerprint density at radius 2 is 0.590 bits per heavy atom. The molecule has 0 radical (unpaired) electrons. The summed E-state index contributed by atoms with van der Waals surface area (Å²) in [5.74, 6) is 0. The van der Waals surface area contributed by atoms with Crippen LogP contribution in [-0.2, 0) is 16.2 Å². The van der Waals surface area contributed by atoms with E-state index >= 15 is 0 Å². The third-order valence-electron chi connectivity index (χ3n) is 6.66. The van der Waals surface area contributed by atoms with Crippen molar-refractivity contribution in [2.24, 2.45) is 0 Å². The van der Waals surface area contributed by atoms with Crippen molar-refractivity contribution in [2.45, 2.75) is 108 Å². The van der Waals surface area contributed by atoms with Crippen molar-refractivity contribution in [3.8, 4) is 0 Å². The summed E-state index contributed by atoms with van der Waals surface area (Å²) in [4.78, 5) is 7.66. The maximum Gasteiger partial charge on any atom is 0.0144 e. The Morgan fingerprint density at radius 3 is 0.821 bits per heavy atom. The van der Waals surface area contributed by atoms with Crippen molar-refractivity contribution in [1.29, 1.82) is 0 Å². The second kappa shape index (κ2) is 11.8. The van der Waals surface area contributed by atoms with Gasteiger partial charge in [0.15, 0.2) is 0 Å². The van der Waals surface area contributed by atoms with Gasteiger partial charge < -0.3 is 0 Å². The van der Waals surface area contributed by atoms with Gasteiger partial charge in [0.2, 0.25) is 0 Å². The Morgan fingerprint density at radius 1 is 0.333 bits per heavy atom. The molecule has 0 saturated carbocycles. The van der Waals surface area contributed by atoms with Crippen LogP contribution in [0.5, 0.6) is 0 Å². The molecule has 0 heterocycles. The second-order valence-corrected chi connectivity index (χ2v) is 16.7. The highest BCUT2D eigenvalue weighted by Crippen LogP contribution is 2.41. The zero-order chi connectivity index (χ0) is 28.4. The predicted octanol–water partition coefficient (Wildman–Crippen LogP) is 12.0. The molecule has 0 nitrogen and oxygen atoms in total. The number of hydrogen-bond donors (Lipinski definition) is 0. The monoisotopic (exact) mass is 570 g/mol. The van der Waals surface area contributed by atoms with Gasteiger partial charge in [0.1, 0.15) is 0 Å². The van der Waals surface area contributed by atoms with Crippen LogP contribution in [0.3, 0.4) is 0 Å². The molecule has 204 valence electrons. The summed E-state index contributed by atoms with van der Waals surface area (Å²) in [6.07, 6.45) is 0. The molecule has 0 saturated heterocycles. The fraction of sp³-hybridized carbons (Fsp3) is 0.333. The SMILES string of the molecule is CC(C)(C)c1cccc(Sc2cc(Sc3cccc(C(C)(C)C)c3)cc(Sc3cccc(C(C)(C)C)c3)c2)c1. The van der Waals surface area contributed by atoms with Crippen LogP contribution in [-0.4, -0.2) is 0 Å². The molecule has 0 spiro atoms. The highest BCUT2D eigenvalue weighted by molar-refractivity contribution is 8.01. The van der Waals surface area contributed by atoms with Gasteiger partial charge in [-0.15, -0.1) is 0 Å². The topological polar surface area (TPSA) is 0 Å². The molecule has 0 aliphatic rings. The molecule has 4 aromatic carbocycles. The standard InChI is InChI=1S/C36H42S3/c1-34(2,3)25-13-10-16-28(19-25)37-31-22-32(38-29-17-11-14-26(20-29)35(4,5)6)24-33(23-31)39-30-18-12-15-27(21-30)36(7,8)9/h10-24H,1-9H3. The third-order valence-corrected chi connectivity index (χ3v) is 9.54. The van der Waals surface area contributed by atoms with Crippen LogP contribution in [0.1, 0.15) is 79.0 Å². The molecule has 4 aromatic rings. The second-order valence-electron chi connectivity index (χ2n) is 13.3. The zero-order valence-corrected chi connectivity index (χ0v) is 27.3. The average Bonchev–Trinajstić information content (AvgIpc) is 2.83. The van der Waals surface area contributed by atoms with E-state index in [2.05, 4.69) is 153 Å². The minimum Gasteiger partial charge on any atom is -0.0900 e. The van der Waals surface area contributed by atoms with Crippen LogP contribution in [0, 0.1) is 0 Å². The lowest BCUT2D eigenvalue weighted by Gasteiger charge is -2.20. The molecule has 0 aliphatic carbocycles. The van der Waals surface area contributed by atoms with Crippen molar-refractivity contribution < 1.29 is 0 Å². The average molecular weight is 571 g/mol. The van der Waals surface area contributed by atoms with Crippen molar-refractivity contribution in [1.82, 2.24) is 0 Å². The molecule has 4 rings (SSSR count). The normalized spacial score (nSPS) is 12.5. The summed E-state index contributed by atoms with van der Waals surface area (Å²) in [5.41, 5.74) is 4.49.